The van der Waals surface area contributed by atoms with Crippen molar-refractivity contribution >= 4 is 17.5 Å². The van der Waals surface area contributed by atoms with Gasteiger partial charge in [0.25, 0.3) is 5.91 Å². The average Bonchev–Trinajstić information content (AvgIpc) is 3.11. The zero-order valence-electron chi connectivity index (χ0n) is 15.9. The number of anilines is 1. The summed E-state index contributed by atoms with van der Waals surface area (Å²) in [5.74, 6) is 1.14. The van der Waals surface area contributed by atoms with Crippen LogP contribution in [0, 0.1) is 0 Å². The molecule has 0 atom stereocenters. The second kappa shape index (κ2) is 8.71. The van der Waals surface area contributed by atoms with Crippen molar-refractivity contribution in [3.05, 3.63) is 59.7 Å². The van der Waals surface area contributed by atoms with Gasteiger partial charge in [0.2, 0.25) is 5.91 Å². The first-order valence-corrected chi connectivity index (χ1v) is 9.41. The lowest BCUT2D eigenvalue weighted by atomic mass is 10.0. The number of ether oxygens (including phenoxy) is 1. The largest absolute Gasteiger partial charge is 0.484 e. The third-order valence-corrected chi connectivity index (χ3v) is 4.70. The van der Waals surface area contributed by atoms with Gasteiger partial charge in [-0.1, -0.05) is 38.1 Å². The standard InChI is InChI=1S/C22H26N2O3/c1-16(2)18-8-10-20(11-9-18)27-15-21(25)23-14-17-5-3-6-19(13-17)24-12-4-7-22(24)26/h3,5-6,8-11,13,16H,4,7,12,14-15H2,1-2H3,(H,23,25). The summed E-state index contributed by atoms with van der Waals surface area (Å²) in [6, 6.07) is 15.5. The maximum Gasteiger partial charge on any atom is 0.258 e. The molecule has 2 amide bonds. The molecule has 1 fully saturated rings. The SMILES string of the molecule is CC(C)c1ccc(OCC(=O)NCc2cccc(N3CCCC3=O)c2)cc1. The molecule has 1 saturated heterocycles. The van der Waals surface area contributed by atoms with Crippen LogP contribution in [0.4, 0.5) is 5.69 Å². The van der Waals surface area contributed by atoms with Crippen LogP contribution in [0.25, 0.3) is 0 Å². The number of nitrogens with zero attached hydrogens (tertiary/aromatic N) is 1. The van der Waals surface area contributed by atoms with Crippen LogP contribution in [0.1, 0.15) is 43.7 Å². The first kappa shape index (κ1) is 19.0. The molecule has 1 aliphatic heterocycles. The van der Waals surface area contributed by atoms with Crippen LogP contribution in [0.5, 0.6) is 5.75 Å². The Kier molecular flexibility index (Phi) is 6.12. The Morgan fingerprint density at radius 3 is 2.63 bits per heavy atom. The molecule has 0 aliphatic carbocycles. The lowest BCUT2D eigenvalue weighted by Crippen LogP contribution is -2.28. The van der Waals surface area contributed by atoms with E-state index in [9.17, 15) is 9.59 Å². The molecule has 5 nitrogen and oxygen atoms in total. The van der Waals surface area contributed by atoms with Gasteiger partial charge in [0, 0.05) is 25.2 Å². The molecule has 1 N–H and O–H groups in total. The number of hydrogen-bond donors (Lipinski definition) is 1. The highest BCUT2D eigenvalue weighted by molar-refractivity contribution is 5.95. The van der Waals surface area contributed by atoms with E-state index in [0.717, 1.165) is 24.2 Å². The number of amides is 2. The Labute approximate surface area is 160 Å². The Morgan fingerprint density at radius 2 is 1.96 bits per heavy atom. The van der Waals surface area contributed by atoms with Gasteiger partial charge in [-0.3, -0.25) is 9.59 Å². The Balaban J connectivity index is 1.48. The molecule has 2 aromatic carbocycles. The lowest BCUT2D eigenvalue weighted by molar-refractivity contribution is -0.123. The van der Waals surface area contributed by atoms with Crippen molar-refractivity contribution in [3.63, 3.8) is 0 Å². The van der Waals surface area contributed by atoms with Gasteiger partial charge in [-0.05, 0) is 47.7 Å². The monoisotopic (exact) mass is 366 g/mol. The van der Waals surface area contributed by atoms with Gasteiger partial charge in [-0.2, -0.15) is 0 Å². The van der Waals surface area contributed by atoms with Crippen LogP contribution in [0.2, 0.25) is 0 Å². The molecule has 0 spiro atoms. The third-order valence-electron chi connectivity index (χ3n) is 4.70. The fraction of sp³-hybridized carbons (Fsp3) is 0.364. The number of nitrogens with one attached hydrogen (secondary N) is 1. The highest BCUT2D eigenvalue weighted by atomic mass is 16.5. The topological polar surface area (TPSA) is 58.6 Å². The van der Waals surface area contributed by atoms with E-state index in [1.807, 2.05) is 48.5 Å². The molecular formula is C22H26N2O3. The number of carbonyl (C=O) groups is 2. The van der Waals surface area contributed by atoms with Crippen molar-refractivity contribution in [1.82, 2.24) is 5.32 Å². The van der Waals surface area contributed by atoms with Crippen molar-refractivity contribution < 1.29 is 14.3 Å². The Hall–Kier alpha value is -2.82. The summed E-state index contributed by atoms with van der Waals surface area (Å²) in [5, 5.41) is 2.86. The second-order valence-corrected chi connectivity index (χ2v) is 7.11. The van der Waals surface area contributed by atoms with Crippen LogP contribution < -0.4 is 15.0 Å². The zero-order chi connectivity index (χ0) is 19.2. The van der Waals surface area contributed by atoms with Gasteiger partial charge in [0.1, 0.15) is 5.75 Å². The van der Waals surface area contributed by atoms with Crippen LogP contribution in [-0.4, -0.2) is 25.0 Å². The molecule has 0 unspecified atom stereocenters. The smallest absolute Gasteiger partial charge is 0.258 e. The molecular weight excluding hydrogens is 340 g/mol. The summed E-state index contributed by atoms with van der Waals surface area (Å²) in [5.41, 5.74) is 3.09. The summed E-state index contributed by atoms with van der Waals surface area (Å²) in [4.78, 5) is 25.7. The van der Waals surface area contributed by atoms with Gasteiger partial charge in [-0.25, -0.2) is 0 Å². The molecule has 2 aromatic rings. The molecule has 0 bridgehead atoms. The number of carbonyl (C=O) groups excluding carboxylic acids is 2. The van der Waals surface area contributed by atoms with E-state index in [4.69, 9.17) is 4.74 Å². The molecule has 0 aromatic heterocycles. The first-order chi connectivity index (χ1) is 13.0. The molecule has 0 saturated carbocycles. The van der Waals surface area contributed by atoms with Crippen molar-refractivity contribution in [2.24, 2.45) is 0 Å². The minimum absolute atomic E-state index is 0.0225. The Bertz CT molecular complexity index is 799. The number of hydrogen-bond acceptors (Lipinski definition) is 3. The van der Waals surface area contributed by atoms with E-state index in [-0.39, 0.29) is 18.4 Å². The number of benzene rings is 2. The second-order valence-electron chi connectivity index (χ2n) is 7.11. The van der Waals surface area contributed by atoms with E-state index < -0.39 is 0 Å². The zero-order valence-corrected chi connectivity index (χ0v) is 15.9. The molecule has 1 heterocycles. The van der Waals surface area contributed by atoms with E-state index in [1.54, 1.807) is 4.90 Å². The maximum absolute atomic E-state index is 12.1. The molecule has 5 heteroatoms. The van der Waals surface area contributed by atoms with Gasteiger partial charge in [0.15, 0.2) is 6.61 Å². The number of rotatable bonds is 7. The van der Waals surface area contributed by atoms with Gasteiger partial charge in [0.05, 0.1) is 0 Å². The predicted octanol–water partition coefficient (Wildman–Crippen LogP) is 3.63. The summed E-state index contributed by atoms with van der Waals surface area (Å²) >= 11 is 0. The van der Waals surface area contributed by atoms with Gasteiger partial charge in [-0.15, -0.1) is 0 Å². The van der Waals surface area contributed by atoms with Crippen molar-refractivity contribution in [1.29, 1.82) is 0 Å². The molecule has 27 heavy (non-hydrogen) atoms. The van der Waals surface area contributed by atoms with Gasteiger partial charge < -0.3 is 15.0 Å². The van der Waals surface area contributed by atoms with E-state index in [0.29, 0.717) is 24.6 Å². The van der Waals surface area contributed by atoms with E-state index >= 15 is 0 Å². The van der Waals surface area contributed by atoms with Crippen molar-refractivity contribution in [2.45, 2.75) is 39.2 Å². The van der Waals surface area contributed by atoms with Crippen molar-refractivity contribution in [3.8, 4) is 5.75 Å². The quantitative estimate of drug-likeness (QED) is 0.814. The maximum atomic E-state index is 12.1. The molecule has 0 radical (unpaired) electrons. The normalized spacial score (nSPS) is 13.9. The lowest BCUT2D eigenvalue weighted by Gasteiger charge is -2.16. The molecule has 142 valence electrons. The van der Waals surface area contributed by atoms with Crippen LogP contribution in [0.3, 0.4) is 0 Å². The van der Waals surface area contributed by atoms with Gasteiger partial charge >= 0.3 is 0 Å². The van der Waals surface area contributed by atoms with Crippen LogP contribution >= 0.6 is 0 Å². The highest BCUT2D eigenvalue weighted by Gasteiger charge is 2.21. The first-order valence-electron chi connectivity index (χ1n) is 9.41. The Morgan fingerprint density at radius 1 is 1.19 bits per heavy atom. The molecule has 1 aliphatic rings. The van der Waals surface area contributed by atoms with Crippen LogP contribution in [-0.2, 0) is 16.1 Å². The van der Waals surface area contributed by atoms with E-state index in [1.165, 1.54) is 5.56 Å². The minimum atomic E-state index is -0.175. The predicted molar refractivity (Wildman–Crippen MR) is 106 cm³/mol. The minimum Gasteiger partial charge on any atom is -0.484 e. The highest BCUT2D eigenvalue weighted by Crippen LogP contribution is 2.22. The summed E-state index contributed by atoms with van der Waals surface area (Å²) in [7, 11) is 0. The summed E-state index contributed by atoms with van der Waals surface area (Å²) < 4.78 is 5.55. The van der Waals surface area contributed by atoms with Crippen molar-refractivity contribution in [2.75, 3.05) is 18.1 Å². The summed E-state index contributed by atoms with van der Waals surface area (Å²) in [6.45, 7) is 5.42. The third kappa shape index (κ3) is 5.09. The fourth-order valence-electron chi connectivity index (χ4n) is 3.10. The van der Waals surface area contributed by atoms with E-state index in [2.05, 4.69) is 19.2 Å². The fourth-order valence-corrected chi connectivity index (χ4v) is 3.10. The average molecular weight is 366 g/mol. The molecule has 3 rings (SSSR count). The van der Waals surface area contributed by atoms with Crippen LogP contribution in [0.15, 0.2) is 48.5 Å². The summed E-state index contributed by atoms with van der Waals surface area (Å²) in [6.07, 6.45) is 1.51.